The van der Waals surface area contributed by atoms with Crippen LogP contribution in [0.3, 0.4) is 0 Å². The van der Waals surface area contributed by atoms with Crippen molar-refractivity contribution < 1.29 is 23.1 Å². The van der Waals surface area contributed by atoms with Crippen molar-refractivity contribution in [2.24, 2.45) is 15.4 Å². The van der Waals surface area contributed by atoms with Crippen LogP contribution < -0.4 is 0 Å². The predicted molar refractivity (Wildman–Crippen MR) is 188 cm³/mol. The topological polar surface area (TPSA) is 81.9 Å². The van der Waals surface area contributed by atoms with Gasteiger partial charge in [0.05, 0.1) is 0 Å². The van der Waals surface area contributed by atoms with Gasteiger partial charge in [-0.3, -0.25) is 0 Å². The molecule has 2 aromatic carbocycles. The van der Waals surface area contributed by atoms with E-state index in [0.717, 1.165) is 25.0 Å². The van der Waals surface area contributed by atoms with Gasteiger partial charge in [0.1, 0.15) is 24.3 Å². The Morgan fingerprint density at radius 1 is 0.689 bits per heavy atom. The van der Waals surface area contributed by atoms with Gasteiger partial charge in [-0.1, -0.05) is 119 Å². The number of benzene rings is 2. The van der Waals surface area contributed by atoms with Crippen LogP contribution in [-0.2, 0) is 18.3 Å². The first-order chi connectivity index (χ1) is 22.0. The Bertz CT molecular complexity index is 1090. The number of ether oxygens (including phenoxy) is 2. The van der Waals surface area contributed by atoms with Gasteiger partial charge >= 0.3 is 8.80 Å². The first-order valence-electron chi connectivity index (χ1n) is 16.9. The Hall–Kier alpha value is -2.17. The van der Waals surface area contributed by atoms with Gasteiger partial charge in [0.2, 0.25) is 0 Å². The molecule has 9 heteroatoms. The summed E-state index contributed by atoms with van der Waals surface area (Å²) in [7, 11) is 0.178. The molecule has 0 saturated carbocycles. The third kappa shape index (κ3) is 10.4. The van der Waals surface area contributed by atoms with Gasteiger partial charge in [0, 0.05) is 25.7 Å². The summed E-state index contributed by atoms with van der Waals surface area (Å²) >= 11 is 1.98. The van der Waals surface area contributed by atoms with Crippen LogP contribution in [-0.4, -0.2) is 64.3 Å². The van der Waals surface area contributed by atoms with Crippen LogP contribution in [0.4, 0.5) is 0 Å². The molecule has 248 valence electrons. The van der Waals surface area contributed by atoms with Gasteiger partial charge in [-0.2, -0.15) is 11.8 Å². The molecule has 4 rings (SSSR count). The SMILES string of the molecule is CO[Si](O)(CCCSCCCCCCCCCCCC(C)(C1OC=N[C@@H]1c1ccccc1)C1OC=N[C@@H]1c1ccccc1)OC. The lowest BCUT2D eigenvalue weighted by atomic mass is 9.68. The molecule has 0 aliphatic carbocycles. The van der Waals surface area contributed by atoms with E-state index in [-0.39, 0.29) is 29.7 Å². The van der Waals surface area contributed by atoms with Gasteiger partial charge < -0.3 is 23.1 Å². The zero-order valence-electron chi connectivity index (χ0n) is 27.5. The number of hydrogen-bond acceptors (Lipinski definition) is 8. The highest BCUT2D eigenvalue weighted by molar-refractivity contribution is 7.99. The van der Waals surface area contributed by atoms with Gasteiger partial charge in [-0.15, -0.1) is 0 Å². The number of nitrogens with zero attached hydrogens (tertiary/aromatic N) is 2. The van der Waals surface area contributed by atoms with Crippen molar-refractivity contribution in [3.63, 3.8) is 0 Å². The maximum Gasteiger partial charge on any atom is 0.497 e. The van der Waals surface area contributed by atoms with Crippen LogP contribution >= 0.6 is 11.8 Å². The van der Waals surface area contributed by atoms with Crippen LogP contribution in [0.1, 0.15) is 101 Å². The van der Waals surface area contributed by atoms with E-state index in [1.54, 1.807) is 12.8 Å². The summed E-state index contributed by atoms with van der Waals surface area (Å²) in [4.78, 5) is 19.7. The van der Waals surface area contributed by atoms with Crippen molar-refractivity contribution in [3.05, 3.63) is 71.8 Å². The van der Waals surface area contributed by atoms with E-state index in [1.807, 2.05) is 11.8 Å². The second-order valence-electron chi connectivity index (χ2n) is 12.6. The minimum Gasteiger partial charge on any atom is -0.477 e. The Balaban J connectivity index is 1.18. The maximum absolute atomic E-state index is 10.1. The molecule has 4 atom stereocenters. The molecule has 0 spiro atoms. The average molecular weight is 655 g/mol. The summed E-state index contributed by atoms with van der Waals surface area (Å²) in [6, 6.07) is 21.6. The Morgan fingerprint density at radius 2 is 1.13 bits per heavy atom. The molecule has 0 bridgehead atoms. The molecule has 0 amide bonds. The molecule has 2 unspecified atom stereocenters. The molecule has 0 radical (unpaired) electrons. The van der Waals surface area contributed by atoms with E-state index >= 15 is 0 Å². The van der Waals surface area contributed by atoms with Gasteiger partial charge in [-0.05, 0) is 41.9 Å². The average Bonchev–Trinajstić information content (AvgIpc) is 3.79. The molecule has 0 aromatic heterocycles. The molecular formula is C36H54N2O5SSi. The largest absolute Gasteiger partial charge is 0.497 e. The smallest absolute Gasteiger partial charge is 0.477 e. The van der Waals surface area contributed by atoms with Gasteiger partial charge in [0.25, 0.3) is 0 Å². The number of aliphatic imine (C=N–C) groups is 2. The summed E-state index contributed by atoms with van der Waals surface area (Å²) in [6.07, 6.45) is 16.4. The van der Waals surface area contributed by atoms with Crippen molar-refractivity contribution in [2.45, 2.75) is 108 Å². The van der Waals surface area contributed by atoms with E-state index in [9.17, 15) is 4.80 Å². The Labute approximate surface area is 276 Å². The Morgan fingerprint density at radius 3 is 1.62 bits per heavy atom. The molecule has 0 fully saturated rings. The van der Waals surface area contributed by atoms with Gasteiger partial charge in [-0.25, -0.2) is 9.98 Å². The summed E-state index contributed by atoms with van der Waals surface area (Å²) in [6.45, 7) is 2.33. The highest BCUT2D eigenvalue weighted by Crippen LogP contribution is 2.50. The van der Waals surface area contributed by atoms with Crippen molar-refractivity contribution in [3.8, 4) is 0 Å². The zero-order valence-corrected chi connectivity index (χ0v) is 29.3. The third-order valence-corrected chi connectivity index (χ3v) is 12.9. The van der Waals surface area contributed by atoms with E-state index in [0.29, 0.717) is 6.04 Å². The summed E-state index contributed by atoms with van der Waals surface area (Å²) < 4.78 is 22.9. The lowest BCUT2D eigenvalue weighted by Crippen LogP contribution is -2.47. The summed E-state index contributed by atoms with van der Waals surface area (Å²) in [5.74, 6) is 2.25. The molecule has 0 saturated heterocycles. The standard InChI is InChI=1S/C36H54N2O5SSi/c1-36(34-32(37-28-42-34)30-20-13-11-14-21-30,35-33(38-29-43-35)31-22-15-12-16-23-31)24-17-9-7-5-4-6-8-10-18-25-44-26-19-27-45(39,40-2)41-3/h11-16,20-23,28-29,32-35,39H,4-10,17-19,24-27H2,1-3H3/t32-,33-,34?,35?,36?/m1/s1. The first-order valence-corrected chi connectivity index (χ1v) is 20.0. The number of unbranched alkanes of at least 4 members (excludes halogenated alkanes) is 8. The molecular weight excluding hydrogens is 601 g/mol. The molecule has 45 heavy (non-hydrogen) atoms. The normalized spacial score (nSPS) is 22.3. The number of rotatable bonds is 22. The molecule has 2 aliphatic heterocycles. The minimum atomic E-state index is -2.89. The maximum atomic E-state index is 10.1. The zero-order chi connectivity index (χ0) is 31.8. The van der Waals surface area contributed by atoms with Crippen molar-refractivity contribution in [2.75, 3.05) is 25.7 Å². The summed E-state index contributed by atoms with van der Waals surface area (Å²) in [5, 5.41) is 0. The lowest BCUT2D eigenvalue weighted by Gasteiger charge is -2.42. The molecule has 7 nitrogen and oxygen atoms in total. The molecule has 2 heterocycles. The monoisotopic (exact) mass is 654 g/mol. The van der Waals surface area contributed by atoms with Crippen LogP contribution in [0.2, 0.25) is 6.04 Å². The van der Waals surface area contributed by atoms with Crippen LogP contribution in [0.5, 0.6) is 0 Å². The molecule has 2 aromatic rings. The summed E-state index contributed by atoms with van der Waals surface area (Å²) in [5.41, 5.74) is 2.09. The van der Waals surface area contributed by atoms with Crippen LogP contribution in [0, 0.1) is 5.41 Å². The fourth-order valence-electron chi connectivity index (χ4n) is 6.67. The first kappa shape index (κ1) is 35.7. The third-order valence-electron chi connectivity index (χ3n) is 9.44. The van der Waals surface area contributed by atoms with Crippen LogP contribution in [0.15, 0.2) is 70.6 Å². The van der Waals surface area contributed by atoms with E-state index < -0.39 is 8.80 Å². The van der Waals surface area contributed by atoms with Crippen molar-refractivity contribution >= 4 is 33.4 Å². The van der Waals surface area contributed by atoms with Gasteiger partial charge in [0.15, 0.2) is 12.8 Å². The lowest BCUT2D eigenvalue weighted by molar-refractivity contribution is -0.0497. The van der Waals surface area contributed by atoms with Crippen molar-refractivity contribution in [1.82, 2.24) is 0 Å². The van der Waals surface area contributed by atoms with Crippen LogP contribution in [0.25, 0.3) is 0 Å². The highest BCUT2D eigenvalue weighted by Gasteiger charge is 2.53. The highest BCUT2D eigenvalue weighted by atomic mass is 32.2. The fraction of sp³-hybridized carbons (Fsp3) is 0.611. The number of thioether (sulfide) groups is 1. The fourth-order valence-corrected chi connectivity index (χ4v) is 9.09. The van der Waals surface area contributed by atoms with Crippen molar-refractivity contribution in [1.29, 1.82) is 0 Å². The Kier molecular flexibility index (Phi) is 14.9. The minimum absolute atomic E-state index is 0.0526. The van der Waals surface area contributed by atoms with E-state index in [2.05, 4.69) is 67.6 Å². The molecule has 2 aliphatic rings. The second-order valence-corrected chi connectivity index (χ2v) is 16.6. The predicted octanol–water partition coefficient (Wildman–Crippen LogP) is 8.58. The second kappa shape index (κ2) is 18.8. The quantitative estimate of drug-likeness (QED) is 0.101. The molecule has 1 N–H and O–H groups in total. The van der Waals surface area contributed by atoms with E-state index in [1.165, 1.54) is 82.5 Å². The van der Waals surface area contributed by atoms with E-state index in [4.69, 9.17) is 28.3 Å². The number of hydrogen-bond donors (Lipinski definition) is 1.